The minimum absolute atomic E-state index is 0.259. The number of hydrogen-bond acceptors (Lipinski definition) is 2. The van der Waals surface area contributed by atoms with E-state index in [2.05, 4.69) is 43.3 Å². The lowest BCUT2D eigenvalue weighted by atomic mass is 9.97. The molecule has 2 rings (SSSR count). The molecule has 0 spiro atoms. The molecule has 1 aromatic rings. The van der Waals surface area contributed by atoms with Crippen molar-refractivity contribution in [2.75, 3.05) is 27.2 Å². The molecule has 0 N–H and O–H groups in total. The number of benzene rings is 1. The molecule has 0 bridgehead atoms. The fourth-order valence-electron chi connectivity index (χ4n) is 1.96. The standard InChI is InChI=1S/C12H17NO/c1-13(2)9-12-11-6-4-3-5-10(11)7-8-14-12/h3-6,12H,7-9H2,1-2H3. The number of likely N-dealkylation sites (N-methyl/N-ethyl adjacent to an activating group) is 1. The quantitative estimate of drug-likeness (QED) is 0.707. The van der Waals surface area contributed by atoms with Crippen LogP contribution in [0.15, 0.2) is 24.3 Å². The molecular formula is C12H17NO. The van der Waals surface area contributed by atoms with Crippen LogP contribution in [0.2, 0.25) is 0 Å². The molecule has 1 heterocycles. The zero-order valence-corrected chi connectivity index (χ0v) is 8.86. The Morgan fingerprint density at radius 3 is 2.93 bits per heavy atom. The van der Waals surface area contributed by atoms with Crippen LogP contribution >= 0.6 is 0 Å². The van der Waals surface area contributed by atoms with Gasteiger partial charge in [-0.3, -0.25) is 0 Å². The summed E-state index contributed by atoms with van der Waals surface area (Å²) in [6.45, 7) is 1.83. The molecule has 0 saturated heterocycles. The average molecular weight is 191 g/mol. The van der Waals surface area contributed by atoms with E-state index in [1.807, 2.05) is 0 Å². The summed E-state index contributed by atoms with van der Waals surface area (Å²) in [6, 6.07) is 8.59. The van der Waals surface area contributed by atoms with Crippen molar-refractivity contribution in [2.45, 2.75) is 12.5 Å². The van der Waals surface area contributed by atoms with Crippen LogP contribution in [-0.4, -0.2) is 32.1 Å². The second kappa shape index (κ2) is 4.11. The highest BCUT2D eigenvalue weighted by molar-refractivity contribution is 5.31. The molecule has 76 valence electrons. The fourth-order valence-corrected chi connectivity index (χ4v) is 1.96. The highest BCUT2D eigenvalue weighted by Crippen LogP contribution is 2.26. The van der Waals surface area contributed by atoms with Crippen molar-refractivity contribution < 1.29 is 4.74 Å². The highest BCUT2D eigenvalue weighted by atomic mass is 16.5. The van der Waals surface area contributed by atoms with Crippen LogP contribution in [-0.2, 0) is 11.2 Å². The number of ether oxygens (including phenoxy) is 1. The molecule has 0 radical (unpaired) electrons. The minimum atomic E-state index is 0.259. The van der Waals surface area contributed by atoms with E-state index >= 15 is 0 Å². The van der Waals surface area contributed by atoms with Gasteiger partial charge >= 0.3 is 0 Å². The first kappa shape index (κ1) is 9.69. The largest absolute Gasteiger partial charge is 0.372 e. The van der Waals surface area contributed by atoms with Crippen LogP contribution in [0.1, 0.15) is 17.2 Å². The fraction of sp³-hybridized carbons (Fsp3) is 0.500. The van der Waals surface area contributed by atoms with Gasteiger partial charge in [-0.15, -0.1) is 0 Å². The lowest BCUT2D eigenvalue weighted by Gasteiger charge is -2.28. The Kier molecular flexibility index (Phi) is 2.85. The van der Waals surface area contributed by atoms with Crippen LogP contribution in [0, 0.1) is 0 Å². The topological polar surface area (TPSA) is 12.5 Å². The molecule has 0 saturated carbocycles. The van der Waals surface area contributed by atoms with Gasteiger partial charge in [-0.05, 0) is 31.6 Å². The Labute approximate surface area is 85.5 Å². The van der Waals surface area contributed by atoms with E-state index in [9.17, 15) is 0 Å². The Morgan fingerprint density at radius 1 is 1.36 bits per heavy atom. The van der Waals surface area contributed by atoms with Gasteiger partial charge in [0.15, 0.2) is 0 Å². The van der Waals surface area contributed by atoms with Crippen LogP contribution in [0.4, 0.5) is 0 Å². The summed E-state index contributed by atoms with van der Waals surface area (Å²) in [5, 5.41) is 0. The third-order valence-corrected chi connectivity index (χ3v) is 2.62. The Hall–Kier alpha value is -0.860. The minimum Gasteiger partial charge on any atom is -0.372 e. The molecule has 0 amide bonds. The van der Waals surface area contributed by atoms with E-state index in [4.69, 9.17) is 4.74 Å². The summed E-state index contributed by atoms with van der Waals surface area (Å²) < 4.78 is 5.77. The molecule has 2 heteroatoms. The number of fused-ring (bicyclic) bond motifs is 1. The third-order valence-electron chi connectivity index (χ3n) is 2.62. The van der Waals surface area contributed by atoms with Crippen molar-refractivity contribution in [2.24, 2.45) is 0 Å². The third kappa shape index (κ3) is 1.97. The van der Waals surface area contributed by atoms with Gasteiger partial charge in [-0.25, -0.2) is 0 Å². The summed E-state index contributed by atoms with van der Waals surface area (Å²) in [5.74, 6) is 0. The second-order valence-electron chi connectivity index (χ2n) is 4.07. The van der Waals surface area contributed by atoms with E-state index in [1.54, 1.807) is 0 Å². The monoisotopic (exact) mass is 191 g/mol. The molecule has 0 aromatic heterocycles. The van der Waals surface area contributed by atoms with Crippen molar-refractivity contribution in [1.82, 2.24) is 4.90 Å². The Morgan fingerprint density at radius 2 is 2.14 bits per heavy atom. The van der Waals surface area contributed by atoms with E-state index in [0.29, 0.717) is 0 Å². The molecular weight excluding hydrogens is 174 g/mol. The van der Waals surface area contributed by atoms with Gasteiger partial charge < -0.3 is 9.64 Å². The lowest BCUT2D eigenvalue weighted by molar-refractivity contribution is 0.0254. The van der Waals surface area contributed by atoms with E-state index in [1.165, 1.54) is 11.1 Å². The average Bonchev–Trinajstić information content (AvgIpc) is 2.18. The predicted molar refractivity (Wildman–Crippen MR) is 57.4 cm³/mol. The number of nitrogens with zero attached hydrogens (tertiary/aromatic N) is 1. The molecule has 1 aliphatic heterocycles. The first-order chi connectivity index (χ1) is 6.77. The maximum absolute atomic E-state index is 5.77. The van der Waals surface area contributed by atoms with Crippen molar-refractivity contribution in [3.05, 3.63) is 35.4 Å². The van der Waals surface area contributed by atoms with Crippen molar-refractivity contribution >= 4 is 0 Å². The summed E-state index contributed by atoms with van der Waals surface area (Å²) in [6.07, 6.45) is 1.31. The Bertz CT molecular complexity index is 309. The van der Waals surface area contributed by atoms with Crippen LogP contribution in [0.25, 0.3) is 0 Å². The van der Waals surface area contributed by atoms with Gasteiger partial charge in [-0.1, -0.05) is 24.3 Å². The van der Waals surface area contributed by atoms with Gasteiger partial charge in [0.2, 0.25) is 0 Å². The smallest absolute Gasteiger partial charge is 0.0954 e. The molecule has 0 aliphatic carbocycles. The first-order valence-electron chi connectivity index (χ1n) is 5.11. The van der Waals surface area contributed by atoms with E-state index in [0.717, 1.165) is 19.6 Å². The summed E-state index contributed by atoms with van der Waals surface area (Å²) >= 11 is 0. The van der Waals surface area contributed by atoms with Gasteiger partial charge in [0.1, 0.15) is 0 Å². The van der Waals surface area contributed by atoms with Crippen molar-refractivity contribution in [1.29, 1.82) is 0 Å². The summed E-state index contributed by atoms with van der Waals surface area (Å²) in [5.41, 5.74) is 2.82. The number of hydrogen-bond donors (Lipinski definition) is 0. The van der Waals surface area contributed by atoms with Crippen LogP contribution in [0.3, 0.4) is 0 Å². The zero-order chi connectivity index (χ0) is 9.97. The highest BCUT2D eigenvalue weighted by Gasteiger charge is 2.20. The van der Waals surface area contributed by atoms with Gasteiger partial charge in [0.25, 0.3) is 0 Å². The molecule has 0 fully saturated rings. The normalized spacial score (nSPS) is 20.9. The maximum atomic E-state index is 5.77. The lowest BCUT2D eigenvalue weighted by Crippen LogP contribution is -2.26. The molecule has 14 heavy (non-hydrogen) atoms. The maximum Gasteiger partial charge on any atom is 0.0954 e. The van der Waals surface area contributed by atoms with Gasteiger partial charge in [0, 0.05) is 6.54 Å². The van der Waals surface area contributed by atoms with Crippen molar-refractivity contribution in [3.63, 3.8) is 0 Å². The van der Waals surface area contributed by atoms with Crippen molar-refractivity contribution in [3.8, 4) is 0 Å². The second-order valence-corrected chi connectivity index (χ2v) is 4.07. The van der Waals surface area contributed by atoms with Gasteiger partial charge in [0.05, 0.1) is 12.7 Å². The molecule has 1 aromatic carbocycles. The molecule has 2 nitrogen and oxygen atoms in total. The van der Waals surface area contributed by atoms with Crippen LogP contribution < -0.4 is 0 Å². The Balaban J connectivity index is 2.22. The summed E-state index contributed by atoms with van der Waals surface area (Å²) in [4.78, 5) is 2.17. The van der Waals surface area contributed by atoms with E-state index < -0.39 is 0 Å². The predicted octanol–water partition coefficient (Wildman–Crippen LogP) is 1.86. The first-order valence-corrected chi connectivity index (χ1v) is 5.11. The van der Waals surface area contributed by atoms with Gasteiger partial charge in [-0.2, -0.15) is 0 Å². The molecule has 1 unspecified atom stereocenters. The molecule has 1 aliphatic rings. The van der Waals surface area contributed by atoms with Crippen LogP contribution in [0.5, 0.6) is 0 Å². The zero-order valence-electron chi connectivity index (χ0n) is 8.86. The SMILES string of the molecule is CN(C)CC1OCCc2ccccc21. The molecule has 1 atom stereocenters. The summed E-state index contributed by atoms with van der Waals surface area (Å²) in [7, 11) is 4.17. The number of rotatable bonds is 2. The van der Waals surface area contributed by atoms with E-state index in [-0.39, 0.29) is 6.10 Å².